The lowest BCUT2D eigenvalue weighted by Gasteiger charge is -1.99. The Morgan fingerprint density at radius 1 is 1.29 bits per heavy atom. The maximum atomic E-state index is 11.0. The van der Waals surface area contributed by atoms with Gasteiger partial charge in [-0.25, -0.2) is 0 Å². The van der Waals surface area contributed by atoms with Crippen molar-refractivity contribution in [2.45, 2.75) is 32.6 Å². The van der Waals surface area contributed by atoms with Gasteiger partial charge in [-0.3, -0.25) is 9.59 Å². The van der Waals surface area contributed by atoms with E-state index < -0.39 is 5.97 Å². The van der Waals surface area contributed by atoms with E-state index in [1.807, 2.05) is 0 Å². The third-order valence-corrected chi connectivity index (χ3v) is 1.60. The quantitative estimate of drug-likeness (QED) is 0.488. The summed E-state index contributed by atoms with van der Waals surface area (Å²) in [6.07, 6.45) is 1.65. The van der Waals surface area contributed by atoms with Crippen LogP contribution in [-0.4, -0.2) is 23.5 Å². The number of hydrogen-bond donors (Lipinski definition) is 2. The molecule has 2 N–H and O–H groups in total. The third kappa shape index (κ3) is 8.60. The van der Waals surface area contributed by atoms with Gasteiger partial charge in [-0.1, -0.05) is 5.92 Å². The first-order valence-electron chi connectivity index (χ1n) is 4.55. The molecule has 0 aromatic rings. The van der Waals surface area contributed by atoms with E-state index in [0.717, 1.165) is 0 Å². The number of aliphatic carboxylic acids is 1. The van der Waals surface area contributed by atoms with Gasteiger partial charge in [0.1, 0.15) is 0 Å². The minimum absolute atomic E-state index is 0.0712. The molecule has 0 heterocycles. The van der Waals surface area contributed by atoms with Crippen molar-refractivity contribution in [3.63, 3.8) is 0 Å². The zero-order chi connectivity index (χ0) is 10.8. The van der Waals surface area contributed by atoms with Crippen molar-refractivity contribution in [2.75, 3.05) is 6.54 Å². The standard InChI is InChI=1S/C10H15NO3/c1-2-3-8-11-9(12)6-4-5-7-10(13)14/h4-8H2,1H3,(H,11,12)(H,13,14). The van der Waals surface area contributed by atoms with Gasteiger partial charge < -0.3 is 10.4 Å². The van der Waals surface area contributed by atoms with Crippen LogP contribution in [0.2, 0.25) is 0 Å². The Morgan fingerprint density at radius 2 is 1.93 bits per heavy atom. The predicted octanol–water partition coefficient (Wildman–Crippen LogP) is 0.771. The van der Waals surface area contributed by atoms with E-state index in [1.165, 1.54) is 0 Å². The maximum Gasteiger partial charge on any atom is 0.303 e. The Morgan fingerprint density at radius 3 is 2.50 bits per heavy atom. The van der Waals surface area contributed by atoms with Gasteiger partial charge in [-0.15, -0.1) is 5.92 Å². The summed E-state index contributed by atoms with van der Waals surface area (Å²) in [6, 6.07) is 0. The Balaban J connectivity index is 3.34. The molecule has 0 aromatic heterocycles. The molecule has 0 bridgehead atoms. The van der Waals surface area contributed by atoms with E-state index in [9.17, 15) is 9.59 Å². The number of carboxylic acids is 1. The largest absolute Gasteiger partial charge is 0.481 e. The summed E-state index contributed by atoms with van der Waals surface area (Å²) in [7, 11) is 0. The van der Waals surface area contributed by atoms with E-state index in [-0.39, 0.29) is 12.3 Å². The summed E-state index contributed by atoms with van der Waals surface area (Å²) in [5.41, 5.74) is 0. The van der Waals surface area contributed by atoms with Crippen molar-refractivity contribution in [1.82, 2.24) is 5.32 Å². The lowest BCUT2D eigenvalue weighted by Crippen LogP contribution is -2.23. The van der Waals surface area contributed by atoms with Crippen molar-refractivity contribution >= 4 is 11.9 Å². The molecule has 0 fully saturated rings. The molecule has 78 valence electrons. The smallest absolute Gasteiger partial charge is 0.303 e. The van der Waals surface area contributed by atoms with Crippen LogP contribution < -0.4 is 5.32 Å². The lowest BCUT2D eigenvalue weighted by molar-refractivity contribution is -0.137. The fraction of sp³-hybridized carbons (Fsp3) is 0.600. The highest BCUT2D eigenvalue weighted by Gasteiger charge is 2.01. The molecular weight excluding hydrogens is 182 g/mol. The van der Waals surface area contributed by atoms with E-state index in [2.05, 4.69) is 17.2 Å². The van der Waals surface area contributed by atoms with Gasteiger partial charge in [-0.05, 0) is 19.8 Å². The fourth-order valence-corrected chi connectivity index (χ4v) is 0.881. The zero-order valence-corrected chi connectivity index (χ0v) is 8.30. The van der Waals surface area contributed by atoms with Crippen molar-refractivity contribution in [1.29, 1.82) is 0 Å². The normalized spacial score (nSPS) is 8.64. The first kappa shape index (κ1) is 12.5. The van der Waals surface area contributed by atoms with E-state index in [4.69, 9.17) is 5.11 Å². The molecule has 0 unspecified atom stereocenters. The summed E-state index contributed by atoms with van der Waals surface area (Å²) in [4.78, 5) is 21.2. The molecule has 0 aliphatic rings. The van der Waals surface area contributed by atoms with Gasteiger partial charge in [0, 0.05) is 12.8 Å². The summed E-state index contributed by atoms with van der Waals surface area (Å²) in [6.45, 7) is 2.08. The third-order valence-electron chi connectivity index (χ3n) is 1.60. The maximum absolute atomic E-state index is 11.0. The molecule has 14 heavy (non-hydrogen) atoms. The first-order valence-corrected chi connectivity index (χ1v) is 4.55. The molecule has 0 atom stereocenters. The van der Waals surface area contributed by atoms with Crippen molar-refractivity contribution in [2.24, 2.45) is 0 Å². The minimum Gasteiger partial charge on any atom is -0.481 e. The van der Waals surface area contributed by atoms with Gasteiger partial charge in [0.25, 0.3) is 0 Å². The Bertz CT molecular complexity index is 250. The fourth-order valence-electron chi connectivity index (χ4n) is 0.881. The molecule has 0 aliphatic carbocycles. The highest BCUT2D eigenvalue weighted by molar-refractivity contribution is 5.76. The molecule has 0 aliphatic heterocycles. The van der Waals surface area contributed by atoms with Crippen LogP contribution in [0.4, 0.5) is 0 Å². The molecule has 0 aromatic carbocycles. The lowest BCUT2D eigenvalue weighted by atomic mass is 10.2. The van der Waals surface area contributed by atoms with Crippen LogP contribution >= 0.6 is 0 Å². The summed E-state index contributed by atoms with van der Waals surface area (Å²) < 4.78 is 0. The van der Waals surface area contributed by atoms with Crippen LogP contribution in [0, 0.1) is 11.8 Å². The average molecular weight is 197 g/mol. The van der Waals surface area contributed by atoms with Crippen LogP contribution in [0.1, 0.15) is 32.6 Å². The van der Waals surface area contributed by atoms with Gasteiger partial charge in [-0.2, -0.15) is 0 Å². The number of amides is 1. The number of carbonyl (C=O) groups is 2. The molecule has 0 saturated carbocycles. The Labute approximate surface area is 83.7 Å². The second kappa shape index (κ2) is 8.11. The number of carbonyl (C=O) groups excluding carboxylic acids is 1. The number of carboxylic acid groups (broad SMARTS) is 1. The number of unbranched alkanes of at least 4 members (excludes halogenated alkanes) is 1. The number of rotatable bonds is 6. The van der Waals surface area contributed by atoms with Gasteiger partial charge in [0.05, 0.1) is 6.54 Å². The summed E-state index contributed by atoms with van der Waals surface area (Å²) in [5, 5.41) is 10.9. The summed E-state index contributed by atoms with van der Waals surface area (Å²) in [5.74, 6) is 4.49. The van der Waals surface area contributed by atoms with Gasteiger partial charge >= 0.3 is 5.97 Å². The predicted molar refractivity (Wildman–Crippen MR) is 52.6 cm³/mol. The molecule has 0 rings (SSSR count). The molecule has 0 radical (unpaired) electrons. The minimum atomic E-state index is -0.817. The van der Waals surface area contributed by atoms with Crippen LogP contribution in [-0.2, 0) is 9.59 Å². The second-order valence-corrected chi connectivity index (χ2v) is 2.80. The van der Waals surface area contributed by atoms with Gasteiger partial charge in [0.2, 0.25) is 5.91 Å². The molecule has 4 nitrogen and oxygen atoms in total. The molecule has 0 spiro atoms. The average Bonchev–Trinajstić information content (AvgIpc) is 2.13. The van der Waals surface area contributed by atoms with E-state index in [1.54, 1.807) is 6.92 Å². The summed E-state index contributed by atoms with van der Waals surface area (Å²) >= 11 is 0. The number of nitrogens with one attached hydrogen (secondary N) is 1. The van der Waals surface area contributed by atoms with Crippen molar-refractivity contribution in [3.05, 3.63) is 0 Å². The molecule has 0 saturated heterocycles. The molecular formula is C10H15NO3. The zero-order valence-electron chi connectivity index (χ0n) is 8.30. The monoisotopic (exact) mass is 197 g/mol. The van der Waals surface area contributed by atoms with Crippen LogP contribution in [0.5, 0.6) is 0 Å². The topological polar surface area (TPSA) is 66.4 Å². The van der Waals surface area contributed by atoms with Crippen LogP contribution in [0.25, 0.3) is 0 Å². The first-order chi connectivity index (χ1) is 6.66. The van der Waals surface area contributed by atoms with Crippen molar-refractivity contribution < 1.29 is 14.7 Å². The molecule has 1 amide bonds. The molecule has 4 heteroatoms. The van der Waals surface area contributed by atoms with E-state index in [0.29, 0.717) is 25.8 Å². The van der Waals surface area contributed by atoms with Crippen LogP contribution in [0.15, 0.2) is 0 Å². The van der Waals surface area contributed by atoms with Gasteiger partial charge in [0.15, 0.2) is 0 Å². The van der Waals surface area contributed by atoms with E-state index >= 15 is 0 Å². The van der Waals surface area contributed by atoms with Crippen LogP contribution in [0.3, 0.4) is 0 Å². The highest BCUT2D eigenvalue weighted by atomic mass is 16.4. The highest BCUT2D eigenvalue weighted by Crippen LogP contribution is 1.99. The Hall–Kier alpha value is -1.50. The Kier molecular flexibility index (Phi) is 7.24. The van der Waals surface area contributed by atoms with Crippen molar-refractivity contribution in [3.8, 4) is 11.8 Å². The number of hydrogen-bond acceptors (Lipinski definition) is 2. The SMILES string of the molecule is CC#CCNC(=O)CCCCC(=O)O. The second-order valence-electron chi connectivity index (χ2n) is 2.80.